The number of nitrogens with one attached hydrogen (secondary N) is 1. The summed E-state index contributed by atoms with van der Waals surface area (Å²) in [5.74, 6) is 0.616. The molecule has 1 aromatic rings. The molecule has 1 N–H and O–H groups in total. The van der Waals surface area contributed by atoms with Crippen LogP contribution in [0.2, 0.25) is 0 Å². The summed E-state index contributed by atoms with van der Waals surface area (Å²) in [5.41, 5.74) is 0. The summed E-state index contributed by atoms with van der Waals surface area (Å²) in [7, 11) is 0. The number of rotatable bonds is 3. The number of aromatic nitrogens is 2. The number of nitrogens with zero attached hydrogens (tertiary/aromatic N) is 2. The van der Waals surface area contributed by atoms with Crippen LogP contribution in [0, 0.1) is 0 Å². The second-order valence-corrected chi connectivity index (χ2v) is 3.31. The van der Waals surface area contributed by atoms with Crippen molar-refractivity contribution in [1.82, 2.24) is 9.97 Å². The van der Waals surface area contributed by atoms with Crippen molar-refractivity contribution in [3.05, 3.63) is 29.5 Å². The van der Waals surface area contributed by atoms with Crippen LogP contribution in [0.4, 0.5) is 5.95 Å². The lowest BCUT2D eigenvalue weighted by molar-refractivity contribution is 0.955. The predicted molar refractivity (Wildman–Crippen MR) is 53.0 cm³/mol. The Bertz CT molecular complexity index is 258. The maximum Gasteiger partial charge on any atom is 0.223 e. The third-order valence-corrected chi connectivity index (χ3v) is 1.74. The molecule has 64 valence electrons. The van der Waals surface area contributed by atoms with Crippen molar-refractivity contribution < 1.29 is 0 Å². The largest absolute Gasteiger partial charge is 0.348 e. The van der Waals surface area contributed by atoms with Crippen LogP contribution in [-0.2, 0) is 0 Å². The number of anilines is 1. The van der Waals surface area contributed by atoms with Gasteiger partial charge in [0, 0.05) is 18.4 Å². The quantitative estimate of drug-likeness (QED) is 0.806. The third kappa shape index (κ3) is 2.62. The molecule has 0 aliphatic rings. The summed E-state index contributed by atoms with van der Waals surface area (Å²) >= 11 is 3.26. The third-order valence-electron chi connectivity index (χ3n) is 1.33. The average Bonchev–Trinajstić information content (AvgIpc) is 2.09. The van der Waals surface area contributed by atoms with Crippen molar-refractivity contribution >= 4 is 21.9 Å². The number of halogens is 1. The molecule has 4 heteroatoms. The molecule has 12 heavy (non-hydrogen) atoms. The molecule has 0 spiro atoms. The molecule has 0 aliphatic carbocycles. The van der Waals surface area contributed by atoms with Crippen LogP contribution in [0.3, 0.4) is 0 Å². The molecular weight excluding hydrogens is 218 g/mol. The summed E-state index contributed by atoms with van der Waals surface area (Å²) in [4.78, 5) is 8.10. The maximum absolute atomic E-state index is 4.05. The summed E-state index contributed by atoms with van der Waals surface area (Å²) < 4.78 is 0.874. The van der Waals surface area contributed by atoms with Crippen molar-refractivity contribution in [1.29, 1.82) is 0 Å². The molecule has 1 aromatic heterocycles. The minimum absolute atomic E-state index is 0.186. The maximum atomic E-state index is 4.05. The summed E-state index contributed by atoms with van der Waals surface area (Å²) in [6.07, 6.45) is 5.20. The van der Waals surface area contributed by atoms with E-state index >= 15 is 0 Å². The number of hydrogen-bond donors (Lipinski definition) is 1. The Kier molecular flexibility index (Phi) is 3.22. The van der Waals surface area contributed by atoms with E-state index in [0.29, 0.717) is 5.95 Å². The van der Waals surface area contributed by atoms with Crippen LogP contribution in [0.5, 0.6) is 0 Å². The van der Waals surface area contributed by atoms with E-state index in [1.54, 1.807) is 18.5 Å². The first-order valence-electron chi connectivity index (χ1n) is 3.59. The zero-order valence-corrected chi connectivity index (χ0v) is 8.37. The van der Waals surface area contributed by atoms with E-state index in [4.69, 9.17) is 0 Å². The Balaban J connectivity index is 2.64. The van der Waals surface area contributed by atoms with Gasteiger partial charge in [-0.3, -0.25) is 0 Å². The van der Waals surface area contributed by atoms with Gasteiger partial charge in [-0.2, -0.15) is 0 Å². The first-order chi connectivity index (χ1) is 5.72. The summed E-state index contributed by atoms with van der Waals surface area (Å²) in [6.45, 7) is 5.63. The summed E-state index contributed by atoms with van der Waals surface area (Å²) in [5, 5.41) is 3.06. The Morgan fingerprint density at radius 3 is 2.67 bits per heavy atom. The first kappa shape index (κ1) is 9.19. The molecular formula is C8H10BrN3. The highest BCUT2D eigenvalue weighted by atomic mass is 79.9. The minimum atomic E-state index is 0.186. The van der Waals surface area contributed by atoms with E-state index in [-0.39, 0.29) is 6.04 Å². The topological polar surface area (TPSA) is 37.8 Å². The smallest absolute Gasteiger partial charge is 0.223 e. The van der Waals surface area contributed by atoms with Gasteiger partial charge in [-0.25, -0.2) is 9.97 Å². The van der Waals surface area contributed by atoms with Crippen LogP contribution >= 0.6 is 15.9 Å². The van der Waals surface area contributed by atoms with Crippen LogP contribution in [-0.4, -0.2) is 16.0 Å². The van der Waals surface area contributed by atoms with Gasteiger partial charge in [0.1, 0.15) is 0 Å². The van der Waals surface area contributed by atoms with Crippen molar-refractivity contribution in [3.8, 4) is 0 Å². The Hall–Kier alpha value is -0.900. The van der Waals surface area contributed by atoms with Gasteiger partial charge in [-0.15, -0.1) is 6.58 Å². The van der Waals surface area contributed by atoms with Crippen LogP contribution < -0.4 is 5.32 Å². The standard InChI is InChI=1S/C8H10BrN3/c1-3-6(2)12-8-10-4-7(9)5-11-8/h3-6H,1H2,2H3,(H,10,11,12). The zero-order chi connectivity index (χ0) is 8.97. The van der Waals surface area contributed by atoms with Crippen LogP contribution in [0.25, 0.3) is 0 Å². The lowest BCUT2D eigenvalue weighted by Crippen LogP contribution is -2.13. The van der Waals surface area contributed by atoms with Crippen molar-refractivity contribution in [2.75, 3.05) is 5.32 Å². The molecule has 0 amide bonds. The van der Waals surface area contributed by atoms with Crippen molar-refractivity contribution in [2.24, 2.45) is 0 Å². The lowest BCUT2D eigenvalue weighted by Gasteiger charge is -2.07. The van der Waals surface area contributed by atoms with Gasteiger partial charge in [0.25, 0.3) is 0 Å². The van der Waals surface area contributed by atoms with Crippen LogP contribution in [0.15, 0.2) is 29.5 Å². The van der Waals surface area contributed by atoms with E-state index < -0.39 is 0 Å². The highest BCUT2D eigenvalue weighted by Gasteiger charge is 1.97. The fourth-order valence-electron chi connectivity index (χ4n) is 0.649. The molecule has 1 heterocycles. The zero-order valence-electron chi connectivity index (χ0n) is 6.79. The van der Waals surface area contributed by atoms with E-state index in [1.807, 2.05) is 6.92 Å². The molecule has 0 aromatic carbocycles. The molecule has 0 radical (unpaired) electrons. The van der Waals surface area contributed by atoms with E-state index in [1.165, 1.54) is 0 Å². The van der Waals surface area contributed by atoms with Gasteiger partial charge in [-0.05, 0) is 22.9 Å². The second-order valence-electron chi connectivity index (χ2n) is 2.39. The second kappa shape index (κ2) is 4.21. The Labute approximate surface area is 80.1 Å². The van der Waals surface area contributed by atoms with Crippen molar-refractivity contribution in [3.63, 3.8) is 0 Å². The Morgan fingerprint density at radius 1 is 1.58 bits per heavy atom. The molecule has 0 aliphatic heterocycles. The highest BCUT2D eigenvalue weighted by molar-refractivity contribution is 9.10. The van der Waals surface area contributed by atoms with E-state index in [0.717, 1.165) is 4.47 Å². The molecule has 0 saturated heterocycles. The van der Waals surface area contributed by atoms with Gasteiger partial charge in [0.05, 0.1) is 4.47 Å². The van der Waals surface area contributed by atoms with Gasteiger partial charge >= 0.3 is 0 Å². The fraction of sp³-hybridized carbons (Fsp3) is 0.250. The van der Waals surface area contributed by atoms with Gasteiger partial charge in [0.15, 0.2) is 0 Å². The number of hydrogen-bond acceptors (Lipinski definition) is 3. The van der Waals surface area contributed by atoms with Crippen molar-refractivity contribution in [2.45, 2.75) is 13.0 Å². The molecule has 0 saturated carbocycles. The molecule has 0 fully saturated rings. The van der Waals surface area contributed by atoms with E-state index in [2.05, 4.69) is 37.8 Å². The minimum Gasteiger partial charge on any atom is -0.348 e. The molecule has 1 unspecified atom stereocenters. The van der Waals surface area contributed by atoms with Crippen LogP contribution in [0.1, 0.15) is 6.92 Å². The molecule has 1 atom stereocenters. The SMILES string of the molecule is C=CC(C)Nc1ncc(Br)cn1. The molecule has 3 nitrogen and oxygen atoms in total. The Morgan fingerprint density at radius 2 is 2.17 bits per heavy atom. The predicted octanol–water partition coefficient (Wildman–Crippen LogP) is 2.23. The lowest BCUT2D eigenvalue weighted by atomic mass is 10.3. The molecule has 0 bridgehead atoms. The first-order valence-corrected chi connectivity index (χ1v) is 4.38. The average molecular weight is 228 g/mol. The van der Waals surface area contributed by atoms with Gasteiger partial charge in [0.2, 0.25) is 5.95 Å². The highest BCUT2D eigenvalue weighted by Crippen LogP contribution is 2.07. The van der Waals surface area contributed by atoms with Gasteiger partial charge < -0.3 is 5.32 Å². The normalized spacial score (nSPS) is 12.2. The van der Waals surface area contributed by atoms with Gasteiger partial charge in [-0.1, -0.05) is 6.08 Å². The fourth-order valence-corrected chi connectivity index (χ4v) is 0.854. The van der Waals surface area contributed by atoms with E-state index in [9.17, 15) is 0 Å². The molecule has 1 rings (SSSR count). The summed E-state index contributed by atoms with van der Waals surface area (Å²) in [6, 6.07) is 0.186. The monoisotopic (exact) mass is 227 g/mol.